The number of nitrogens with two attached hydrogens (primary N) is 1. The Bertz CT molecular complexity index is 244. The molecule has 2 atom stereocenters. The summed E-state index contributed by atoms with van der Waals surface area (Å²) in [5, 5.41) is 0. The van der Waals surface area contributed by atoms with Crippen molar-refractivity contribution in [1.29, 1.82) is 0 Å². The van der Waals surface area contributed by atoms with Crippen LogP contribution in [0.2, 0.25) is 0 Å². The number of hydrogen-bond donors (Lipinski definition) is 1. The van der Waals surface area contributed by atoms with Crippen LogP contribution in [0.4, 0.5) is 0 Å². The van der Waals surface area contributed by atoms with E-state index < -0.39 is 0 Å². The van der Waals surface area contributed by atoms with E-state index >= 15 is 0 Å². The molecule has 0 radical (unpaired) electrons. The summed E-state index contributed by atoms with van der Waals surface area (Å²) in [6, 6.07) is 0.170. The van der Waals surface area contributed by atoms with Crippen molar-refractivity contribution in [3.63, 3.8) is 0 Å². The maximum absolute atomic E-state index is 5.95. The molecule has 4 nitrogen and oxygen atoms in total. The largest absolute Gasteiger partial charge is 0.382 e. The first-order chi connectivity index (χ1) is 9.24. The number of methoxy groups -OCH3 is 1. The third-order valence-corrected chi connectivity index (χ3v) is 3.64. The Morgan fingerprint density at radius 1 is 1.05 bits per heavy atom. The van der Waals surface area contributed by atoms with E-state index in [9.17, 15) is 0 Å². The van der Waals surface area contributed by atoms with Gasteiger partial charge in [-0.05, 0) is 53.4 Å². The van der Waals surface area contributed by atoms with Crippen LogP contribution in [0.1, 0.15) is 60.3 Å². The number of ether oxygens (including phenoxy) is 3. The van der Waals surface area contributed by atoms with Gasteiger partial charge >= 0.3 is 0 Å². The van der Waals surface area contributed by atoms with E-state index in [-0.39, 0.29) is 17.2 Å². The van der Waals surface area contributed by atoms with Crippen LogP contribution in [0.5, 0.6) is 0 Å². The Hall–Kier alpha value is -0.160. The molecule has 0 spiro atoms. The smallest absolute Gasteiger partial charge is 0.0707 e. The van der Waals surface area contributed by atoms with Gasteiger partial charge in [-0.1, -0.05) is 6.92 Å². The summed E-state index contributed by atoms with van der Waals surface area (Å²) in [6.45, 7) is 12.6. The number of hydrogen-bond acceptors (Lipinski definition) is 4. The van der Waals surface area contributed by atoms with Gasteiger partial charge in [0.15, 0.2) is 0 Å². The van der Waals surface area contributed by atoms with Crippen LogP contribution in [0.15, 0.2) is 0 Å². The first kappa shape index (κ1) is 19.8. The van der Waals surface area contributed by atoms with Crippen LogP contribution in [0, 0.1) is 0 Å². The molecule has 0 saturated carbocycles. The Kier molecular flexibility index (Phi) is 9.64. The summed E-state index contributed by atoms with van der Waals surface area (Å²) in [6.07, 6.45) is 3.88. The summed E-state index contributed by atoms with van der Waals surface area (Å²) in [4.78, 5) is 0. The van der Waals surface area contributed by atoms with Gasteiger partial charge in [0.1, 0.15) is 0 Å². The van der Waals surface area contributed by atoms with E-state index in [1.54, 1.807) is 7.11 Å². The monoisotopic (exact) mass is 289 g/mol. The lowest BCUT2D eigenvalue weighted by atomic mass is 9.96. The lowest BCUT2D eigenvalue weighted by Crippen LogP contribution is -2.34. The van der Waals surface area contributed by atoms with E-state index in [0.717, 1.165) is 32.3 Å². The molecule has 0 rings (SSSR count). The summed E-state index contributed by atoms with van der Waals surface area (Å²) in [5.74, 6) is 0. The fourth-order valence-corrected chi connectivity index (χ4v) is 2.35. The molecule has 0 aliphatic carbocycles. The van der Waals surface area contributed by atoms with Gasteiger partial charge in [0, 0.05) is 19.8 Å². The zero-order chi connectivity index (χ0) is 15.6. The molecule has 0 bridgehead atoms. The minimum absolute atomic E-state index is 0.0762. The van der Waals surface area contributed by atoms with Crippen LogP contribution in [-0.2, 0) is 14.2 Å². The molecule has 0 aromatic rings. The molecule has 122 valence electrons. The summed E-state index contributed by atoms with van der Waals surface area (Å²) in [7, 11) is 1.70. The lowest BCUT2D eigenvalue weighted by molar-refractivity contribution is -0.0719. The van der Waals surface area contributed by atoms with Crippen LogP contribution in [-0.4, -0.2) is 44.2 Å². The van der Waals surface area contributed by atoms with E-state index in [2.05, 4.69) is 27.7 Å². The van der Waals surface area contributed by atoms with Crippen LogP contribution < -0.4 is 5.73 Å². The topological polar surface area (TPSA) is 53.7 Å². The zero-order valence-electron chi connectivity index (χ0n) is 14.3. The van der Waals surface area contributed by atoms with Gasteiger partial charge in [-0.25, -0.2) is 0 Å². The lowest BCUT2D eigenvalue weighted by Gasteiger charge is -2.31. The Morgan fingerprint density at radius 2 is 1.70 bits per heavy atom. The molecule has 0 aromatic carbocycles. The minimum atomic E-state index is -0.145. The fourth-order valence-electron chi connectivity index (χ4n) is 2.35. The highest BCUT2D eigenvalue weighted by atomic mass is 16.5. The van der Waals surface area contributed by atoms with E-state index in [4.69, 9.17) is 19.9 Å². The van der Waals surface area contributed by atoms with Gasteiger partial charge in [-0.3, -0.25) is 0 Å². The van der Waals surface area contributed by atoms with Gasteiger partial charge in [-0.15, -0.1) is 0 Å². The molecule has 2 N–H and O–H groups in total. The van der Waals surface area contributed by atoms with Crippen molar-refractivity contribution in [1.82, 2.24) is 0 Å². The molecule has 0 aliphatic heterocycles. The van der Waals surface area contributed by atoms with Crippen molar-refractivity contribution >= 4 is 0 Å². The third kappa shape index (κ3) is 9.70. The van der Waals surface area contributed by atoms with Crippen molar-refractivity contribution in [3.8, 4) is 0 Å². The zero-order valence-corrected chi connectivity index (χ0v) is 14.3. The van der Waals surface area contributed by atoms with E-state index in [1.165, 1.54) is 0 Å². The molecular weight excluding hydrogens is 254 g/mol. The average molecular weight is 289 g/mol. The van der Waals surface area contributed by atoms with Crippen LogP contribution >= 0.6 is 0 Å². The van der Waals surface area contributed by atoms with Crippen molar-refractivity contribution in [3.05, 3.63) is 0 Å². The second kappa shape index (κ2) is 9.72. The molecule has 2 unspecified atom stereocenters. The molecule has 0 aliphatic rings. The van der Waals surface area contributed by atoms with Gasteiger partial charge < -0.3 is 19.9 Å². The van der Waals surface area contributed by atoms with E-state index in [1.807, 2.05) is 6.92 Å². The normalized spacial score (nSPS) is 16.9. The maximum atomic E-state index is 5.95. The van der Waals surface area contributed by atoms with Crippen molar-refractivity contribution in [2.45, 2.75) is 77.5 Å². The Balaban J connectivity index is 3.95. The molecule has 0 amide bonds. The van der Waals surface area contributed by atoms with Crippen LogP contribution in [0.25, 0.3) is 0 Å². The summed E-state index contributed by atoms with van der Waals surface area (Å²) >= 11 is 0. The quantitative estimate of drug-likeness (QED) is 0.561. The molecule has 0 fully saturated rings. The summed E-state index contributed by atoms with van der Waals surface area (Å²) < 4.78 is 16.9. The standard InChI is InChI=1S/C16H35NO3/c1-7-16(5,20-12-11-18-6)9-8-10-19-15(3,4)13-14(2)17/h14H,7-13,17H2,1-6H3. The first-order valence-electron chi connectivity index (χ1n) is 7.77. The highest BCUT2D eigenvalue weighted by Crippen LogP contribution is 2.23. The van der Waals surface area contributed by atoms with Crippen molar-refractivity contribution in [2.75, 3.05) is 26.9 Å². The molecule has 0 aromatic heterocycles. The average Bonchev–Trinajstić information content (AvgIpc) is 2.33. The third-order valence-electron chi connectivity index (χ3n) is 3.64. The highest BCUT2D eigenvalue weighted by molar-refractivity contribution is 4.76. The van der Waals surface area contributed by atoms with Crippen LogP contribution in [0.3, 0.4) is 0 Å². The first-order valence-corrected chi connectivity index (χ1v) is 7.77. The predicted molar refractivity (Wildman–Crippen MR) is 84.1 cm³/mol. The molecule has 4 heteroatoms. The molecular formula is C16H35NO3. The van der Waals surface area contributed by atoms with Gasteiger partial charge in [-0.2, -0.15) is 0 Å². The molecule has 0 saturated heterocycles. The molecule has 0 heterocycles. The second-order valence-electron chi connectivity index (χ2n) is 6.54. The van der Waals surface area contributed by atoms with Crippen molar-refractivity contribution in [2.24, 2.45) is 5.73 Å². The molecule has 20 heavy (non-hydrogen) atoms. The van der Waals surface area contributed by atoms with E-state index in [0.29, 0.717) is 13.2 Å². The second-order valence-corrected chi connectivity index (χ2v) is 6.54. The maximum Gasteiger partial charge on any atom is 0.0707 e. The highest BCUT2D eigenvalue weighted by Gasteiger charge is 2.24. The Labute approximate surface area is 125 Å². The van der Waals surface area contributed by atoms with Gasteiger partial charge in [0.05, 0.1) is 24.4 Å². The fraction of sp³-hybridized carbons (Fsp3) is 1.00. The Morgan fingerprint density at radius 3 is 2.20 bits per heavy atom. The predicted octanol–water partition coefficient (Wildman–Crippen LogP) is 3.13. The number of rotatable bonds is 12. The van der Waals surface area contributed by atoms with Gasteiger partial charge in [0.25, 0.3) is 0 Å². The van der Waals surface area contributed by atoms with Gasteiger partial charge in [0.2, 0.25) is 0 Å². The minimum Gasteiger partial charge on any atom is -0.382 e. The summed E-state index contributed by atoms with van der Waals surface area (Å²) in [5.41, 5.74) is 5.61. The van der Waals surface area contributed by atoms with Crippen molar-refractivity contribution < 1.29 is 14.2 Å². The SMILES string of the molecule is CCC(C)(CCCOC(C)(C)CC(C)N)OCCOC.